The van der Waals surface area contributed by atoms with E-state index in [4.69, 9.17) is 23.2 Å². The molecule has 1 heterocycles. The molecule has 0 fully saturated rings. The van der Waals surface area contributed by atoms with Crippen molar-refractivity contribution in [3.8, 4) is 5.69 Å². The number of nitrogens with zero attached hydrogens (tertiary/aromatic N) is 4. The van der Waals surface area contributed by atoms with Crippen molar-refractivity contribution < 1.29 is 4.79 Å². The summed E-state index contributed by atoms with van der Waals surface area (Å²) in [6.45, 7) is 8.52. The monoisotopic (exact) mass is 499 g/mol. The molecule has 1 aromatic heterocycles. The maximum Gasteiger partial charge on any atom is 0.196 e. The van der Waals surface area contributed by atoms with E-state index in [-0.39, 0.29) is 17.9 Å². The average molecular weight is 500 g/mol. The van der Waals surface area contributed by atoms with E-state index >= 15 is 0 Å². The minimum absolute atomic E-state index is 0.0460. The Kier molecular flexibility index (Phi) is 9.03. The molecular formula is C26H31Cl2N5O. The largest absolute Gasteiger partial charge is 0.307 e. The fourth-order valence-corrected chi connectivity index (χ4v) is 4.11. The first-order valence-electron chi connectivity index (χ1n) is 11.3. The van der Waals surface area contributed by atoms with Gasteiger partial charge in [0.2, 0.25) is 0 Å². The lowest BCUT2D eigenvalue weighted by Gasteiger charge is -2.22. The topological polar surface area (TPSA) is 63.1 Å². The number of hydrogen-bond acceptors (Lipinski definition) is 5. The van der Waals surface area contributed by atoms with Crippen LogP contribution in [0, 0.1) is 0 Å². The standard InChI is InChI=1S/C26H31Cl2N5O/c1-6-10-19(7-2)29-16-24-30-31-26(17(3)32(4)5)33(24)23-14-13-18(27)15-21(23)25(34)20-11-8-9-12-22(20)28/h6,8-9,11-15,17,19,29H,1,7,10,16H2,2-5H3. The zero-order valence-electron chi connectivity index (χ0n) is 20.1. The molecule has 2 aromatic carbocycles. The van der Waals surface area contributed by atoms with E-state index in [0.29, 0.717) is 39.2 Å². The third-order valence-corrected chi connectivity index (χ3v) is 6.52. The third-order valence-electron chi connectivity index (χ3n) is 5.96. The fourth-order valence-electron chi connectivity index (χ4n) is 3.72. The minimum Gasteiger partial charge on any atom is -0.307 e. The molecule has 0 aliphatic carbocycles. The first kappa shape index (κ1) is 26.1. The van der Waals surface area contributed by atoms with Gasteiger partial charge in [0.15, 0.2) is 17.4 Å². The molecule has 2 unspecified atom stereocenters. The van der Waals surface area contributed by atoms with Gasteiger partial charge in [-0.05, 0) is 64.2 Å². The van der Waals surface area contributed by atoms with Gasteiger partial charge in [0.25, 0.3) is 0 Å². The summed E-state index contributed by atoms with van der Waals surface area (Å²) >= 11 is 12.7. The van der Waals surface area contributed by atoms with Gasteiger partial charge in [-0.2, -0.15) is 0 Å². The van der Waals surface area contributed by atoms with Gasteiger partial charge < -0.3 is 5.32 Å². The number of ketones is 1. The van der Waals surface area contributed by atoms with E-state index in [1.54, 1.807) is 36.4 Å². The molecule has 180 valence electrons. The molecule has 0 bridgehead atoms. The maximum absolute atomic E-state index is 13.6. The van der Waals surface area contributed by atoms with Crippen molar-refractivity contribution in [1.29, 1.82) is 0 Å². The summed E-state index contributed by atoms with van der Waals surface area (Å²) in [4.78, 5) is 15.7. The van der Waals surface area contributed by atoms with Crippen molar-refractivity contribution >= 4 is 29.0 Å². The Hall–Kier alpha value is -2.51. The van der Waals surface area contributed by atoms with Gasteiger partial charge in [-0.3, -0.25) is 14.3 Å². The van der Waals surface area contributed by atoms with Crippen molar-refractivity contribution in [3.05, 3.63) is 87.9 Å². The van der Waals surface area contributed by atoms with Crippen LogP contribution in [-0.2, 0) is 6.54 Å². The predicted molar refractivity (Wildman–Crippen MR) is 139 cm³/mol. The highest BCUT2D eigenvalue weighted by molar-refractivity contribution is 6.35. The van der Waals surface area contributed by atoms with E-state index in [0.717, 1.165) is 18.7 Å². The first-order valence-corrected chi connectivity index (χ1v) is 12.1. The number of hydrogen-bond donors (Lipinski definition) is 1. The van der Waals surface area contributed by atoms with Crippen LogP contribution in [0.4, 0.5) is 0 Å². The predicted octanol–water partition coefficient (Wildman–Crippen LogP) is 5.87. The lowest BCUT2D eigenvalue weighted by atomic mass is 10.0. The van der Waals surface area contributed by atoms with E-state index in [1.807, 2.05) is 30.8 Å². The maximum atomic E-state index is 13.6. The zero-order valence-corrected chi connectivity index (χ0v) is 21.6. The first-order chi connectivity index (χ1) is 16.3. The fraction of sp³-hybridized carbons (Fsp3) is 0.346. The highest BCUT2D eigenvalue weighted by Crippen LogP contribution is 2.29. The Morgan fingerprint density at radius 1 is 1.18 bits per heavy atom. The van der Waals surface area contributed by atoms with Gasteiger partial charge in [-0.1, -0.05) is 48.3 Å². The summed E-state index contributed by atoms with van der Waals surface area (Å²) in [5.41, 5.74) is 1.52. The number of carbonyl (C=O) groups is 1. The van der Waals surface area contributed by atoms with Crippen molar-refractivity contribution in [3.63, 3.8) is 0 Å². The molecule has 8 heteroatoms. The SMILES string of the molecule is C=CCC(CC)NCc1nnc(C(C)N(C)C)n1-c1ccc(Cl)cc1C(=O)c1ccccc1Cl. The van der Waals surface area contributed by atoms with Crippen LogP contribution in [0.1, 0.15) is 60.3 Å². The zero-order chi connectivity index (χ0) is 24.8. The molecule has 3 rings (SSSR count). The highest BCUT2D eigenvalue weighted by atomic mass is 35.5. The Balaban J connectivity index is 2.16. The molecule has 3 aromatic rings. The van der Waals surface area contributed by atoms with Gasteiger partial charge in [0.1, 0.15) is 0 Å². The van der Waals surface area contributed by atoms with Gasteiger partial charge in [-0.15, -0.1) is 16.8 Å². The van der Waals surface area contributed by atoms with Crippen LogP contribution in [0.5, 0.6) is 0 Å². The average Bonchev–Trinajstić information content (AvgIpc) is 3.24. The Morgan fingerprint density at radius 3 is 2.56 bits per heavy atom. The van der Waals surface area contributed by atoms with E-state index < -0.39 is 0 Å². The second kappa shape index (κ2) is 11.8. The summed E-state index contributed by atoms with van der Waals surface area (Å²) < 4.78 is 1.96. The summed E-state index contributed by atoms with van der Waals surface area (Å²) in [5, 5.41) is 13.4. The van der Waals surface area contributed by atoms with E-state index in [9.17, 15) is 4.79 Å². The molecule has 0 amide bonds. The molecule has 1 N–H and O–H groups in total. The van der Waals surface area contributed by atoms with Gasteiger partial charge in [-0.25, -0.2) is 0 Å². The lowest BCUT2D eigenvalue weighted by molar-refractivity contribution is 0.103. The number of halogens is 2. The lowest BCUT2D eigenvalue weighted by Crippen LogP contribution is -2.29. The van der Waals surface area contributed by atoms with Gasteiger partial charge in [0, 0.05) is 22.2 Å². The number of nitrogens with one attached hydrogen (secondary N) is 1. The Bertz CT molecular complexity index is 1160. The van der Waals surface area contributed by atoms with Crippen LogP contribution in [0.3, 0.4) is 0 Å². The summed E-state index contributed by atoms with van der Waals surface area (Å²) in [6.07, 6.45) is 3.71. The second-order valence-electron chi connectivity index (χ2n) is 8.43. The molecule has 2 atom stereocenters. The molecule has 6 nitrogen and oxygen atoms in total. The van der Waals surface area contributed by atoms with Crippen LogP contribution in [0.25, 0.3) is 5.69 Å². The van der Waals surface area contributed by atoms with Crippen LogP contribution in [-0.4, -0.2) is 45.6 Å². The normalized spacial score (nSPS) is 13.1. The van der Waals surface area contributed by atoms with Crippen molar-refractivity contribution in [2.24, 2.45) is 0 Å². The summed E-state index contributed by atoms with van der Waals surface area (Å²) in [5.74, 6) is 1.23. The van der Waals surface area contributed by atoms with Crippen LogP contribution >= 0.6 is 23.2 Å². The molecule has 0 radical (unpaired) electrons. The van der Waals surface area contributed by atoms with Crippen molar-refractivity contribution in [2.75, 3.05) is 14.1 Å². The second-order valence-corrected chi connectivity index (χ2v) is 9.27. The number of aromatic nitrogens is 3. The Labute approximate surface area is 211 Å². The molecular weight excluding hydrogens is 469 g/mol. The summed E-state index contributed by atoms with van der Waals surface area (Å²) in [7, 11) is 3.97. The van der Waals surface area contributed by atoms with Gasteiger partial charge in [0.05, 0.1) is 23.3 Å². The molecule has 0 aliphatic heterocycles. The Morgan fingerprint density at radius 2 is 1.91 bits per heavy atom. The molecule has 34 heavy (non-hydrogen) atoms. The molecule has 0 saturated carbocycles. The van der Waals surface area contributed by atoms with Crippen LogP contribution < -0.4 is 5.32 Å². The minimum atomic E-state index is -0.211. The number of benzene rings is 2. The molecule has 0 aliphatic rings. The van der Waals surface area contributed by atoms with Crippen molar-refractivity contribution in [1.82, 2.24) is 25.0 Å². The highest BCUT2D eigenvalue weighted by Gasteiger charge is 2.25. The third kappa shape index (κ3) is 5.76. The van der Waals surface area contributed by atoms with Crippen molar-refractivity contribution in [2.45, 2.75) is 45.3 Å². The summed E-state index contributed by atoms with van der Waals surface area (Å²) in [6, 6.07) is 12.5. The molecule has 0 saturated heterocycles. The smallest absolute Gasteiger partial charge is 0.196 e. The van der Waals surface area contributed by atoms with E-state index in [1.165, 1.54) is 0 Å². The number of rotatable bonds is 11. The quantitative estimate of drug-likeness (QED) is 0.264. The van der Waals surface area contributed by atoms with Gasteiger partial charge >= 0.3 is 0 Å². The van der Waals surface area contributed by atoms with E-state index in [2.05, 4.69) is 40.8 Å². The van der Waals surface area contributed by atoms with Crippen LogP contribution in [0.15, 0.2) is 55.1 Å². The number of carbonyl (C=O) groups excluding carboxylic acids is 1. The molecule has 0 spiro atoms. The van der Waals surface area contributed by atoms with Crippen LogP contribution in [0.2, 0.25) is 10.0 Å².